The fourth-order valence-electron chi connectivity index (χ4n) is 0.623. The van der Waals surface area contributed by atoms with Crippen LogP contribution in [0, 0.1) is 0 Å². The summed E-state index contributed by atoms with van der Waals surface area (Å²) in [5, 5.41) is 14.4. The molecule has 0 aromatic carbocycles. The average molecular weight is 168 g/mol. The minimum absolute atomic E-state index is 0.434. The van der Waals surface area contributed by atoms with Crippen LogP contribution in [-0.4, -0.2) is 16.2 Å². The third-order valence-corrected chi connectivity index (χ3v) is 1.11. The molecule has 64 valence electrons. The topological polar surface area (TPSA) is 75.4 Å². The highest BCUT2D eigenvalue weighted by Crippen LogP contribution is 1.94. The van der Waals surface area contributed by atoms with Crippen molar-refractivity contribution in [2.75, 3.05) is 0 Å². The Hall–Kier alpha value is -1.78. The summed E-state index contributed by atoms with van der Waals surface area (Å²) in [5.41, 5.74) is 0. The van der Waals surface area contributed by atoms with Gasteiger partial charge in [0, 0.05) is 18.3 Å². The van der Waals surface area contributed by atoms with Gasteiger partial charge in [-0.25, -0.2) is 4.79 Å². The zero-order chi connectivity index (χ0) is 8.81. The predicted octanol–water partition coefficient (Wildman–Crippen LogP) is 0.362. The number of rotatable bonds is 4. The Balaban J connectivity index is 2.23. The molecule has 0 aliphatic carbocycles. The smallest absolute Gasteiger partial charge is 0.329 e. The van der Waals surface area contributed by atoms with Gasteiger partial charge in [-0.15, -0.1) is 0 Å². The maximum atomic E-state index is 10.00. The van der Waals surface area contributed by atoms with Gasteiger partial charge in [-0.2, -0.15) is 0 Å². The molecular formula is C7H8N2O3. The van der Waals surface area contributed by atoms with Crippen molar-refractivity contribution >= 4 is 5.97 Å². The Kier molecular flexibility index (Phi) is 2.89. The van der Waals surface area contributed by atoms with Crippen LogP contribution in [-0.2, 0) is 11.3 Å². The summed E-state index contributed by atoms with van der Waals surface area (Å²) in [4.78, 5) is 10.00. The van der Waals surface area contributed by atoms with E-state index < -0.39 is 5.97 Å². The van der Waals surface area contributed by atoms with Gasteiger partial charge in [0.05, 0.1) is 12.7 Å². The molecule has 0 radical (unpaired) electrons. The second-order valence-corrected chi connectivity index (χ2v) is 2.03. The van der Waals surface area contributed by atoms with Crippen molar-refractivity contribution in [2.24, 2.45) is 0 Å². The first-order chi connectivity index (χ1) is 5.79. The summed E-state index contributed by atoms with van der Waals surface area (Å²) in [6, 6.07) is 1.70. The highest BCUT2D eigenvalue weighted by Gasteiger charge is 1.92. The van der Waals surface area contributed by atoms with Gasteiger partial charge in [-0.3, -0.25) is 0 Å². The highest BCUT2D eigenvalue weighted by molar-refractivity contribution is 5.79. The molecule has 0 spiro atoms. The molecule has 0 aliphatic rings. The molecule has 5 heteroatoms. The molecule has 0 saturated heterocycles. The fourth-order valence-corrected chi connectivity index (χ4v) is 0.623. The quantitative estimate of drug-likeness (QED) is 0.635. The van der Waals surface area contributed by atoms with E-state index in [4.69, 9.17) is 9.63 Å². The monoisotopic (exact) mass is 168 g/mol. The molecule has 1 heterocycles. The summed E-state index contributed by atoms with van der Waals surface area (Å²) >= 11 is 0. The molecular weight excluding hydrogens is 160 g/mol. The first-order valence-corrected chi connectivity index (χ1v) is 3.31. The summed E-state index contributed by atoms with van der Waals surface area (Å²) < 4.78 is 4.75. The Morgan fingerprint density at radius 2 is 2.67 bits per heavy atom. The van der Waals surface area contributed by atoms with Crippen molar-refractivity contribution in [2.45, 2.75) is 6.54 Å². The molecule has 0 atom stereocenters. The van der Waals surface area contributed by atoms with Gasteiger partial charge in [0.15, 0.2) is 5.76 Å². The summed E-state index contributed by atoms with van der Waals surface area (Å²) in [6.07, 6.45) is 3.87. The Labute approximate surface area is 68.7 Å². The van der Waals surface area contributed by atoms with Crippen LogP contribution in [0.3, 0.4) is 0 Å². The van der Waals surface area contributed by atoms with Crippen LogP contribution >= 0.6 is 0 Å². The minimum Gasteiger partial charge on any atom is -0.478 e. The standard InChI is InChI=1S/C7H8N2O3/c10-7(11)2-3-8-5-6-1-4-9-12-6/h1-4,8H,5H2,(H,10,11)/b3-2+. The van der Waals surface area contributed by atoms with Crippen LogP contribution in [0.15, 0.2) is 29.1 Å². The number of carboxylic acids is 1. The SMILES string of the molecule is O=C(O)/C=C/NCc1ccno1. The molecule has 0 unspecified atom stereocenters. The zero-order valence-electron chi connectivity index (χ0n) is 6.23. The van der Waals surface area contributed by atoms with Crippen molar-refractivity contribution in [3.63, 3.8) is 0 Å². The Morgan fingerprint density at radius 1 is 1.83 bits per heavy atom. The van der Waals surface area contributed by atoms with Crippen LogP contribution < -0.4 is 5.32 Å². The Bertz CT molecular complexity index is 266. The van der Waals surface area contributed by atoms with Crippen molar-refractivity contribution in [3.05, 3.63) is 30.3 Å². The van der Waals surface area contributed by atoms with Gasteiger partial charge < -0.3 is 14.9 Å². The van der Waals surface area contributed by atoms with E-state index in [9.17, 15) is 4.79 Å². The van der Waals surface area contributed by atoms with E-state index in [0.29, 0.717) is 12.3 Å². The first-order valence-electron chi connectivity index (χ1n) is 3.31. The third-order valence-electron chi connectivity index (χ3n) is 1.11. The van der Waals surface area contributed by atoms with E-state index >= 15 is 0 Å². The molecule has 0 bridgehead atoms. The molecule has 1 rings (SSSR count). The van der Waals surface area contributed by atoms with Gasteiger partial charge >= 0.3 is 5.97 Å². The molecule has 0 fully saturated rings. The number of nitrogens with one attached hydrogen (secondary N) is 1. The van der Waals surface area contributed by atoms with E-state index in [1.807, 2.05) is 0 Å². The molecule has 0 amide bonds. The van der Waals surface area contributed by atoms with Crippen molar-refractivity contribution in [1.29, 1.82) is 0 Å². The third kappa shape index (κ3) is 2.87. The molecule has 0 aliphatic heterocycles. The number of hydrogen-bond donors (Lipinski definition) is 2. The normalized spacial score (nSPS) is 10.3. The largest absolute Gasteiger partial charge is 0.478 e. The highest BCUT2D eigenvalue weighted by atomic mass is 16.5. The van der Waals surface area contributed by atoms with Crippen LogP contribution in [0.25, 0.3) is 0 Å². The van der Waals surface area contributed by atoms with E-state index in [1.54, 1.807) is 6.07 Å². The lowest BCUT2D eigenvalue weighted by Gasteiger charge is -1.92. The first kappa shape index (κ1) is 8.32. The molecule has 5 nitrogen and oxygen atoms in total. The van der Waals surface area contributed by atoms with Crippen LogP contribution in [0.4, 0.5) is 0 Å². The van der Waals surface area contributed by atoms with Crippen molar-refractivity contribution in [1.82, 2.24) is 10.5 Å². The molecule has 2 N–H and O–H groups in total. The van der Waals surface area contributed by atoms with Gasteiger partial charge in [-0.05, 0) is 0 Å². The molecule has 1 aromatic rings. The fraction of sp³-hybridized carbons (Fsp3) is 0.143. The van der Waals surface area contributed by atoms with Gasteiger partial charge in [0.2, 0.25) is 0 Å². The van der Waals surface area contributed by atoms with E-state index in [0.717, 1.165) is 6.08 Å². The van der Waals surface area contributed by atoms with Crippen molar-refractivity contribution < 1.29 is 14.4 Å². The van der Waals surface area contributed by atoms with E-state index in [-0.39, 0.29) is 0 Å². The summed E-state index contributed by atoms with van der Waals surface area (Å²) in [7, 11) is 0. The van der Waals surface area contributed by atoms with Gasteiger partial charge in [0.1, 0.15) is 0 Å². The van der Waals surface area contributed by atoms with Crippen LogP contribution in [0.2, 0.25) is 0 Å². The van der Waals surface area contributed by atoms with Crippen LogP contribution in [0.5, 0.6) is 0 Å². The minimum atomic E-state index is -0.986. The number of hydrogen-bond acceptors (Lipinski definition) is 4. The lowest BCUT2D eigenvalue weighted by Crippen LogP contribution is -2.04. The van der Waals surface area contributed by atoms with Gasteiger partial charge in [-0.1, -0.05) is 5.16 Å². The number of nitrogens with zero attached hydrogens (tertiary/aromatic N) is 1. The number of carboxylic acid groups (broad SMARTS) is 1. The maximum Gasteiger partial charge on any atom is 0.329 e. The van der Waals surface area contributed by atoms with E-state index in [2.05, 4.69) is 10.5 Å². The predicted molar refractivity (Wildman–Crippen MR) is 40.1 cm³/mol. The zero-order valence-corrected chi connectivity index (χ0v) is 6.23. The maximum absolute atomic E-state index is 10.00. The Morgan fingerprint density at radius 3 is 3.25 bits per heavy atom. The number of carbonyl (C=O) groups is 1. The average Bonchev–Trinajstić information content (AvgIpc) is 2.49. The number of aromatic nitrogens is 1. The summed E-state index contributed by atoms with van der Waals surface area (Å²) in [5.74, 6) is -0.329. The van der Waals surface area contributed by atoms with E-state index in [1.165, 1.54) is 12.4 Å². The molecule has 1 aromatic heterocycles. The second kappa shape index (κ2) is 4.17. The van der Waals surface area contributed by atoms with Gasteiger partial charge in [0.25, 0.3) is 0 Å². The second-order valence-electron chi connectivity index (χ2n) is 2.03. The lowest BCUT2D eigenvalue weighted by atomic mass is 10.4. The lowest BCUT2D eigenvalue weighted by molar-refractivity contribution is -0.131. The summed E-state index contributed by atoms with van der Waals surface area (Å²) in [6.45, 7) is 0.434. The molecule has 0 saturated carbocycles. The molecule has 12 heavy (non-hydrogen) atoms. The number of aliphatic carboxylic acids is 1. The van der Waals surface area contributed by atoms with Crippen LogP contribution in [0.1, 0.15) is 5.76 Å². The van der Waals surface area contributed by atoms with Crippen molar-refractivity contribution in [3.8, 4) is 0 Å².